The molecule has 5 aromatic rings. The van der Waals surface area contributed by atoms with E-state index in [2.05, 4.69) is 10.2 Å². The Bertz CT molecular complexity index is 1330. The highest BCUT2D eigenvalue weighted by Gasteiger charge is 2.15. The van der Waals surface area contributed by atoms with Gasteiger partial charge in [0, 0.05) is 11.8 Å². The Morgan fingerprint density at radius 2 is 1.79 bits per heavy atom. The maximum Gasteiger partial charge on any atom is 0.235 e. The Kier molecular flexibility index (Phi) is 4.33. The van der Waals surface area contributed by atoms with Crippen molar-refractivity contribution in [3.8, 4) is 23.0 Å². The van der Waals surface area contributed by atoms with Crippen molar-refractivity contribution in [2.24, 2.45) is 0 Å². The molecule has 0 radical (unpaired) electrons. The topological polar surface area (TPSA) is 74.4 Å². The average molecular weight is 403 g/mol. The summed E-state index contributed by atoms with van der Waals surface area (Å²) in [5.41, 5.74) is 2.75. The van der Waals surface area contributed by atoms with Gasteiger partial charge < -0.3 is 9.47 Å². The molecule has 7 nitrogen and oxygen atoms in total. The first-order chi connectivity index (χ1) is 14.2. The highest BCUT2D eigenvalue weighted by atomic mass is 32.1. The number of fused-ring (bicyclic) bond motifs is 2. The van der Waals surface area contributed by atoms with E-state index in [4.69, 9.17) is 19.6 Å². The van der Waals surface area contributed by atoms with Gasteiger partial charge in [0.05, 0.1) is 19.7 Å². The molecule has 0 aliphatic carbocycles. The molecule has 0 N–H and O–H groups in total. The molecule has 5 rings (SSSR count). The number of rotatable bonds is 5. The summed E-state index contributed by atoms with van der Waals surface area (Å²) in [7, 11) is 3.26. The van der Waals surface area contributed by atoms with Crippen LogP contribution in [0.15, 0.2) is 54.6 Å². The van der Waals surface area contributed by atoms with Gasteiger partial charge in [-0.1, -0.05) is 41.7 Å². The molecular formula is C21H17N5O2S. The van der Waals surface area contributed by atoms with Gasteiger partial charge in [-0.3, -0.25) is 0 Å². The molecule has 0 atom stereocenters. The minimum absolute atomic E-state index is 0.639. The zero-order valence-electron chi connectivity index (χ0n) is 15.9. The first-order valence-electron chi connectivity index (χ1n) is 9.03. The molecule has 3 heterocycles. The van der Waals surface area contributed by atoms with Gasteiger partial charge in [-0.15, -0.1) is 10.2 Å². The summed E-state index contributed by atoms with van der Waals surface area (Å²) in [6.45, 7) is 0. The highest BCUT2D eigenvalue weighted by Crippen LogP contribution is 2.29. The summed E-state index contributed by atoms with van der Waals surface area (Å²) in [6, 6.07) is 17.9. The summed E-state index contributed by atoms with van der Waals surface area (Å²) in [5, 5.41) is 15.3. The van der Waals surface area contributed by atoms with E-state index in [-0.39, 0.29) is 0 Å². The molecule has 0 unspecified atom stereocenters. The second kappa shape index (κ2) is 7.14. The third-order valence-electron chi connectivity index (χ3n) is 4.66. The lowest BCUT2D eigenvalue weighted by atomic mass is 10.1. The van der Waals surface area contributed by atoms with Crippen LogP contribution in [-0.4, -0.2) is 39.0 Å². The predicted octanol–water partition coefficient (Wildman–Crippen LogP) is 4.01. The zero-order valence-corrected chi connectivity index (χ0v) is 16.7. The molecule has 0 aliphatic heterocycles. The number of aromatic nitrogens is 5. The van der Waals surface area contributed by atoms with Crippen LogP contribution in [0.2, 0.25) is 0 Å². The van der Waals surface area contributed by atoms with E-state index in [9.17, 15) is 0 Å². The molecule has 144 valence electrons. The minimum Gasteiger partial charge on any atom is -0.493 e. The third-order valence-corrected chi connectivity index (χ3v) is 5.56. The van der Waals surface area contributed by atoms with Crippen molar-refractivity contribution in [2.75, 3.05) is 14.2 Å². The SMILES string of the molecule is COc1ccc(Cc2nn3c(-c4ccc5ccccc5n4)nnc3s2)cc1OC. The molecule has 2 aromatic carbocycles. The van der Waals surface area contributed by atoms with Crippen LogP contribution in [0.4, 0.5) is 0 Å². The highest BCUT2D eigenvalue weighted by molar-refractivity contribution is 7.16. The van der Waals surface area contributed by atoms with Crippen molar-refractivity contribution in [3.63, 3.8) is 0 Å². The Hall–Kier alpha value is -3.52. The van der Waals surface area contributed by atoms with Crippen LogP contribution in [0.25, 0.3) is 27.4 Å². The summed E-state index contributed by atoms with van der Waals surface area (Å²) < 4.78 is 12.5. The van der Waals surface area contributed by atoms with E-state index in [1.54, 1.807) is 18.7 Å². The number of para-hydroxylation sites is 1. The first-order valence-corrected chi connectivity index (χ1v) is 9.85. The molecule has 3 aromatic heterocycles. The van der Waals surface area contributed by atoms with Gasteiger partial charge in [0.2, 0.25) is 10.8 Å². The predicted molar refractivity (Wildman–Crippen MR) is 112 cm³/mol. The average Bonchev–Trinajstić information content (AvgIpc) is 3.33. The fourth-order valence-corrected chi connectivity index (χ4v) is 4.11. The van der Waals surface area contributed by atoms with Crippen LogP contribution in [0.1, 0.15) is 10.6 Å². The first kappa shape index (κ1) is 17.6. The van der Waals surface area contributed by atoms with Gasteiger partial charge >= 0.3 is 0 Å². The van der Waals surface area contributed by atoms with E-state index in [1.165, 1.54) is 11.3 Å². The van der Waals surface area contributed by atoms with Gasteiger partial charge in [0.15, 0.2) is 11.5 Å². The zero-order chi connectivity index (χ0) is 19.8. The number of pyridine rings is 1. The van der Waals surface area contributed by atoms with E-state index in [1.807, 2.05) is 54.6 Å². The standard InChI is InChI=1S/C21H17N5O2S/c1-27-17-10-7-13(11-18(17)28-2)12-19-25-26-20(23-24-21(26)29-19)16-9-8-14-5-3-4-6-15(14)22-16/h3-11H,12H2,1-2H3. The Morgan fingerprint density at radius 3 is 2.66 bits per heavy atom. The van der Waals surface area contributed by atoms with Crippen LogP contribution in [0.5, 0.6) is 11.5 Å². The fourth-order valence-electron chi connectivity index (χ4n) is 3.24. The van der Waals surface area contributed by atoms with Crippen molar-refractivity contribution in [1.82, 2.24) is 24.8 Å². The van der Waals surface area contributed by atoms with E-state index < -0.39 is 0 Å². The molecular weight excluding hydrogens is 386 g/mol. The second-order valence-corrected chi connectivity index (χ2v) is 7.51. The van der Waals surface area contributed by atoms with Gasteiger partial charge in [0.1, 0.15) is 10.7 Å². The molecule has 0 spiro atoms. The third kappa shape index (κ3) is 3.17. The quantitative estimate of drug-likeness (QED) is 0.441. The molecule has 29 heavy (non-hydrogen) atoms. The monoisotopic (exact) mass is 403 g/mol. The second-order valence-electron chi connectivity index (χ2n) is 6.47. The lowest BCUT2D eigenvalue weighted by molar-refractivity contribution is 0.354. The van der Waals surface area contributed by atoms with Crippen LogP contribution in [-0.2, 0) is 6.42 Å². The van der Waals surface area contributed by atoms with Gasteiger partial charge in [-0.25, -0.2) is 4.98 Å². The molecule has 0 aliphatic rings. The maximum atomic E-state index is 5.39. The molecule has 0 amide bonds. The Balaban J connectivity index is 1.49. The van der Waals surface area contributed by atoms with E-state index in [0.717, 1.165) is 32.1 Å². The lowest BCUT2D eigenvalue weighted by Crippen LogP contribution is -1.96. The summed E-state index contributed by atoms with van der Waals surface area (Å²) in [6.07, 6.45) is 0.666. The number of nitrogens with zero attached hydrogens (tertiary/aromatic N) is 5. The molecule has 0 saturated carbocycles. The van der Waals surface area contributed by atoms with Gasteiger partial charge in [-0.05, 0) is 29.8 Å². The lowest BCUT2D eigenvalue weighted by Gasteiger charge is -2.08. The van der Waals surface area contributed by atoms with Crippen molar-refractivity contribution < 1.29 is 9.47 Å². The number of benzene rings is 2. The molecule has 0 saturated heterocycles. The van der Waals surface area contributed by atoms with Gasteiger partial charge in [-0.2, -0.15) is 9.61 Å². The van der Waals surface area contributed by atoms with Crippen LogP contribution in [0, 0.1) is 0 Å². The summed E-state index contributed by atoms with van der Waals surface area (Å²) in [5.74, 6) is 2.05. The van der Waals surface area contributed by atoms with Crippen molar-refractivity contribution in [2.45, 2.75) is 6.42 Å². The van der Waals surface area contributed by atoms with Crippen molar-refractivity contribution in [3.05, 3.63) is 65.2 Å². The Morgan fingerprint density at radius 1 is 0.931 bits per heavy atom. The minimum atomic E-state index is 0.639. The number of methoxy groups -OCH3 is 2. The van der Waals surface area contributed by atoms with Crippen molar-refractivity contribution in [1.29, 1.82) is 0 Å². The summed E-state index contributed by atoms with van der Waals surface area (Å²) in [4.78, 5) is 5.45. The maximum absolute atomic E-state index is 5.39. The summed E-state index contributed by atoms with van der Waals surface area (Å²) >= 11 is 1.51. The molecule has 0 bridgehead atoms. The number of ether oxygens (including phenoxy) is 2. The van der Waals surface area contributed by atoms with Crippen LogP contribution in [0.3, 0.4) is 0 Å². The molecule has 8 heteroatoms. The van der Waals surface area contributed by atoms with Crippen LogP contribution < -0.4 is 9.47 Å². The normalized spacial score (nSPS) is 11.2. The van der Waals surface area contributed by atoms with E-state index >= 15 is 0 Å². The number of hydrogen-bond donors (Lipinski definition) is 0. The fraction of sp³-hybridized carbons (Fsp3) is 0.143. The Labute approximate surface area is 170 Å². The number of hydrogen-bond acceptors (Lipinski definition) is 7. The molecule has 0 fully saturated rings. The largest absolute Gasteiger partial charge is 0.493 e. The van der Waals surface area contributed by atoms with E-state index in [0.29, 0.717) is 23.7 Å². The van der Waals surface area contributed by atoms with Crippen molar-refractivity contribution >= 4 is 27.2 Å². The smallest absolute Gasteiger partial charge is 0.235 e. The van der Waals surface area contributed by atoms with Crippen LogP contribution >= 0.6 is 11.3 Å². The van der Waals surface area contributed by atoms with Gasteiger partial charge in [0.25, 0.3) is 0 Å².